The second kappa shape index (κ2) is 7.58. The molecule has 0 aromatic carbocycles. The Morgan fingerprint density at radius 3 is 2.57 bits per heavy atom. The standard InChI is InChI=1S/C19H21ClF2N4O2/c1-18(2,3)28-17(27)26(15-7-6-14(20)24-25-15)11-19(9-12(21)10-19)16-13(22)5-4-8-23-16/h4-8,12H,9-11H2,1-3H3/t12-,19-. The van der Waals surface area contributed by atoms with E-state index in [2.05, 4.69) is 15.2 Å². The molecule has 28 heavy (non-hydrogen) atoms. The molecular weight excluding hydrogens is 390 g/mol. The molecule has 1 fully saturated rings. The van der Waals surface area contributed by atoms with Gasteiger partial charge >= 0.3 is 6.09 Å². The third-order valence-corrected chi connectivity index (χ3v) is 4.66. The summed E-state index contributed by atoms with van der Waals surface area (Å²) in [5, 5.41) is 7.86. The number of pyridine rings is 1. The van der Waals surface area contributed by atoms with Crippen LogP contribution in [0.25, 0.3) is 0 Å². The summed E-state index contributed by atoms with van der Waals surface area (Å²) in [4.78, 5) is 18.2. The summed E-state index contributed by atoms with van der Waals surface area (Å²) < 4.78 is 33.8. The number of rotatable bonds is 4. The molecule has 1 aliphatic rings. The Morgan fingerprint density at radius 1 is 1.32 bits per heavy atom. The highest BCUT2D eigenvalue weighted by molar-refractivity contribution is 6.29. The zero-order valence-electron chi connectivity index (χ0n) is 15.8. The third kappa shape index (κ3) is 4.38. The highest BCUT2D eigenvalue weighted by atomic mass is 35.5. The predicted molar refractivity (Wildman–Crippen MR) is 101 cm³/mol. The van der Waals surface area contributed by atoms with E-state index in [-0.39, 0.29) is 36.1 Å². The minimum Gasteiger partial charge on any atom is -0.443 e. The van der Waals surface area contributed by atoms with Crippen LogP contribution in [-0.4, -0.2) is 39.6 Å². The maximum absolute atomic E-state index is 14.4. The van der Waals surface area contributed by atoms with Crippen LogP contribution in [0.4, 0.5) is 19.4 Å². The molecule has 0 spiro atoms. The number of amides is 1. The SMILES string of the molecule is CC(C)(C)OC(=O)N(C[C@]1(c2ncccc2F)C[C@H](F)C1)c1ccc(Cl)nn1. The van der Waals surface area contributed by atoms with E-state index in [9.17, 15) is 13.6 Å². The number of aromatic nitrogens is 3. The lowest BCUT2D eigenvalue weighted by atomic mass is 9.64. The summed E-state index contributed by atoms with van der Waals surface area (Å²) in [5.41, 5.74) is -1.62. The number of alkyl halides is 1. The highest BCUT2D eigenvalue weighted by Crippen LogP contribution is 2.46. The largest absolute Gasteiger partial charge is 0.443 e. The lowest BCUT2D eigenvalue weighted by Crippen LogP contribution is -2.54. The third-order valence-electron chi connectivity index (χ3n) is 4.45. The topological polar surface area (TPSA) is 68.2 Å². The molecule has 0 radical (unpaired) electrons. The van der Waals surface area contributed by atoms with Crippen LogP contribution in [0.2, 0.25) is 5.15 Å². The molecule has 2 heterocycles. The summed E-state index contributed by atoms with van der Waals surface area (Å²) in [5.74, 6) is -0.364. The minimum atomic E-state index is -1.10. The van der Waals surface area contributed by atoms with Gasteiger partial charge in [-0.25, -0.2) is 13.6 Å². The van der Waals surface area contributed by atoms with Crippen molar-refractivity contribution in [3.8, 4) is 0 Å². The summed E-state index contributed by atoms with van der Waals surface area (Å²) in [6.45, 7) is 5.13. The van der Waals surface area contributed by atoms with Gasteiger partial charge in [0.1, 0.15) is 17.6 Å². The van der Waals surface area contributed by atoms with Crippen molar-refractivity contribution in [3.63, 3.8) is 0 Å². The van der Waals surface area contributed by atoms with Gasteiger partial charge in [-0.05, 0) is 57.9 Å². The van der Waals surface area contributed by atoms with Crippen LogP contribution in [0, 0.1) is 5.82 Å². The Balaban J connectivity index is 1.98. The van der Waals surface area contributed by atoms with Crippen molar-refractivity contribution in [1.82, 2.24) is 15.2 Å². The smallest absolute Gasteiger partial charge is 0.416 e. The van der Waals surface area contributed by atoms with Gasteiger partial charge in [0.25, 0.3) is 0 Å². The van der Waals surface area contributed by atoms with E-state index in [0.717, 1.165) is 0 Å². The number of hydrogen-bond acceptors (Lipinski definition) is 5. The summed E-state index contributed by atoms with van der Waals surface area (Å²) >= 11 is 5.79. The van der Waals surface area contributed by atoms with Gasteiger partial charge in [-0.2, -0.15) is 0 Å². The van der Waals surface area contributed by atoms with Gasteiger partial charge in [0.15, 0.2) is 11.0 Å². The molecule has 1 aliphatic carbocycles. The molecular formula is C19H21ClF2N4O2. The van der Waals surface area contributed by atoms with Gasteiger partial charge in [-0.1, -0.05) is 11.6 Å². The fourth-order valence-corrected chi connectivity index (χ4v) is 3.37. The lowest BCUT2D eigenvalue weighted by molar-refractivity contribution is 0.0507. The Morgan fingerprint density at radius 2 is 2.04 bits per heavy atom. The van der Waals surface area contributed by atoms with Crippen LogP contribution in [0.3, 0.4) is 0 Å². The first-order valence-electron chi connectivity index (χ1n) is 8.84. The summed E-state index contributed by atoms with van der Waals surface area (Å²) in [6.07, 6.45) is -0.256. The number of hydrogen-bond donors (Lipinski definition) is 0. The van der Waals surface area contributed by atoms with E-state index in [0.29, 0.717) is 0 Å². The van der Waals surface area contributed by atoms with Crippen LogP contribution in [0.5, 0.6) is 0 Å². The van der Waals surface area contributed by atoms with Crippen molar-refractivity contribution in [3.05, 3.63) is 47.1 Å². The molecule has 150 valence electrons. The molecule has 0 saturated heterocycles. The molecule has 2 aromatic rings. The summed E-state index contributed by atoms with van der Waals surface area (Å²) in [6, 6.07) is 5.73. The van der Waals surface area contributed by atoms with Crippen molar-refractivity contribution >= 4 is 23.5 Å². The van der Waals surface area contributed by atoms with Crippen LogP contribution in [0.1, 0.15) is 39.3 Å². The average molecular weight is 411 g/mol. The Kier molecular flexibility index (Phi) is 5.52. The predicted octanol–water partition coefficient (Wildman–Crippen LogP) is 4.48. The van der Waals surface area contributed by atoms with Gasteiger partial charge in [-0.15, -0.1) is 10.2 Å². The molecule has 3 rings (SSSR count). The maximum atomic E-state index is 14.4. The van der Waals surface area contributed by atoms with Crippen molar-refractivity contribution in [2.24, 2.45) is 0 Å². The van der Waals surface area contributed by atoms with Gasteiger partial charge in [0.05, 0.1) is 5.69 Å². The molecule has 0 unspecified atom stereocenters. The number of carbonyl (C=O) groups is 1. The zero-order valence-corrected chi connectivity index (χ0v) is 16.6. The fourth-order valence-electron chi connectivity index (χ4n) is 3.27. The average Bonchev–Trinajstić information content (AvgIpc) is 2.57. The Hall–Kier alpha value is -2.35. The van der Waals surface area contributed by atoms with E-state index in [4.69, 9.17) is 16.3 Å². The molecule has 0 bridgehead atoms. The first kappa shape index (κ1) is 20.4. The molecule has 1 amide bonds. The molecule has 6 nitrogen and oxygen atoms in total. The second-order valence-corrected chi connectivity index (χ2v) is 8.29. The van der Waals surface area contributed by atoms with E-state index < -0.39 is 29.1 Å². The van der Waals surface area contributed by atoms with E-state index in [1.165, 1.54) is 35.4 Å². The normalized spacial score (nSPS) is 21.7. The number of nitrogens with zero attached hydrogens (tertiary/aromatic N) is 4. The monoisotopic (exact) mass is 410 g/mol. The number of anilines is 1. The lowest BCUT2D eigenvalue weighted by Gasteiger charge is -2.46. The zero-order chi connectivity index (χ0) is 20.5. The number of carbonyl (C=O) groups excluding carboxylic acids is 1. The van der Waals surface area contributed by atoms with Gasteiger partial charge in [-0.3, -0.25) is 9.88 Å². The van der Waals surface area contributed by atoms with E-state index in [1.807, 2.05) is 0 Å². The molecule has 1 saturated carbocycles. The number of ether oxygens (including phenoxy) is 1. The van der Waals surface area contributed by atoms with Gasteiger partial charge in [0, 0.05) is 18.2 Å². The number of halogens is 3. The van der Waals surface area contributed by atoms with E-state index >= 15 is 0 Å². The molecule has 0 atom stereocenters. The van der Waals surface area contributed by atoms with Crippen molar-refractivity contribution in [2.45, 2.75) is 50.8 Å². The fraction of sp³-hybridized carbons (Fsp3) is 0.474. The molecule has 0 aliphatic heterocycles. The highest BCUT2D eigenvalue weighted by Gasteiger charge is 2.51. The quantitative estimate of drug-likeness (QED) is 0.743. The van der Waals surface area contributed by atoms with Crippen LogP contribution in [0.15, 0.2) is 30.5 Å². The Labute approximate surface area is 166 Å². The summed E-state index contributed by atoms with van der Waals surface area (Å²) in [7, 11) is 0. The molecule has 9 heteroatoms. The van der Waals surface area contributed by atoms with Crippen molar-refractivity contribution in [2.75, 3.05) is 11.4 Å². The van der Waals surface area contributed by atoms with Gasteiger partial charge < -0.3 is 4.74 Å². The van der Waals surface area contributed by atoms with E-state index in [1.54, 1.807) is 20.8 Å². The second-order valence-electron chi connectivity index (χ2n) is 7.90. The Bertz CT molecular complexity index is 852. The van der Waals surface area contributed by atoms with Crippen LogP contribution >= 0.6 is 11.6 Å². The van der Waals surface area contributed by atoms with Crippen LogP contribution < -0.4 is 4.90 Å². The van der Waals surface area contributed by atoms with Crippen molar-refractivity contribution in [1.29, 1.82) is 0 Å². The van der Waals surface area contributed by atoms with Gasteiger partial charge in [0.2, 0.25) is 0 Å². The first-order chi connectivity index (χ1) is 13.1. The van der Waals surface area contributed by atoms with Crippen molar-refractivity contribution < 1.29 is 18.3 Å². The minimum absolute atomic E-state index is 0.0429. The van der Waals surface area contributed by atoms with Crippen LogP contribution in [-0.2, 0) is 10.2 Å². The maximum Gasteiger partial charge on any atom is 0.416 e. The molecule has 2 aromatic heterocycles. The first-order valence-corrected chi connectivity index (χ1v) is 9.22. The molecule has 0 N–H and O–H groups in total.